The number of nitrogen functional groups attached to an aromatic ring is 1. The fourth-order valence-corrected chi connectivity index (χ4v) is 4.06. The van der Waals surface area contributed by atoms with Gasteiger partial charge >= 0.3 is 0 Å². The summed E-state index contributed by atoms with van der Waals surface area (Å²) in [7, 11) is 0. The smallest absolute Gasteiger partial charge is 0.0384 e. The normalized spacial score (nSPS) is 9.53. The van der Waals surface area contributed by atoms with Crippen molar-refractivity contribution in [1.82, 2.24) is 0 Å². The van der Waals surface area contributed by atoms with Crippen molar-refractivity contribution in [2.24, 2.45) is 0 Å². The van der Waals surface area contributed by atoms with Gasteiger partial charge in [-0.15, -0.1) is 0 Å². The molecule has 0 atom stereocenters. The zero-order valence-corrected chi connectivity index (χ0v) is 23.2. The van der Waals surface area contributed by atoms with Crippen LogP contribution in [0.1, 0.15) is 7.43 Å². The minimum atomic E-state index is 0. The first-order valence-corrected chi connectivity index (χ1v) is 13.6. The lowest BCUT2D eigenvalue weighted by molar-refractivity contribution is 1.54. The van der Waals surface area contributed by atoms with E-state index in [1.54, 1.807) is 0 Å². The lowest BCUT2D eigenvalue weighted by Crippen LogP contribution is -1.89. The van der Waals surface area contributed by atoms with E-state index in [0.717, 1.165) is 21.5 Å². The Morgan fingerprint density at radius 2 is 0.700 bits per heavy atom. The largest absolute Gasteiger partial charge is 0.399 e. The molecule has 3 heteroatoms. The van der Waals surface area contributed by atoms with Gasteiger partial charge in [-0.05, 0) is 70.8 Å². The Labute approximate surface area is 247 Å². The molecule has 0 fully saturated rings. The third kappa shape index (κ3) is 9.94. The topological polar surface area (TPSA) is 38.0 Å². The molecule has 0 heterocycles. The molecule has 0 aromatic heterocycles. The third-order valence-corrected chi connectivity index (χ3v) is 6.33. The molecule has 0 saturated heterocycles. The lowest BCUT2D eigenvalue weighted by Gasteiger charge is -2.07. The second-order valence-electron chi connectivity index (χ2n) is 8.72. The van der Waals surface area contributed by atoms with Crippen molar-refractivity contribution in [1.29, 1.82) is 0 Å². The highest BCUT2D eigenvalue weighted by Crippen LogP contribution is 2.23. The molecule has 2 nitrogen and oxygen atoms in total. The molecule has 0 spiro atoms. The second kappa shape index (κ2) is 16.4. The summed E-state index contributed by atoms with van der Waals surface area (Å²) in [4.78, 5) is 0. The summed E-state index contributed by atoms with van der Waals surface area (Å²) in [6.07, 6.45) is 0. The molecule has 0 bridgehead atoms. The monoisotopic (exact) mass is 586 g/mol. The number of hydrogen-bond acceptors (Lipinski definition) is 2. The molecular weight excluding hydrogens is 552 g/mol. The zero-order chi connectivity index (χ0) is 27.1. The summed E-state index contributed by atoms with van der Waals surface area (Å²) in [6.45, 7) is 0. The van der Waals surface area contributed by atoms with Crippen LogP contribution in [0.15, 0.2) is 174 Å². The van der Waals surface area contributed by atoms with E-state index in [9.17, 15) is 0 Å². The van der Waals surface area contributed by atoms with Crippen LogP contribution in [0.3, 0.4) is 0 Å². The van der Waals surface area contributed by atoms with Crippen molar-refractivity contribution < 1.29 is 0 Å². The maximum absolute atomic E-state index is 5.36. The summed E-state index contributed by atoms with van der Waals surface area (Å²) in [5, 5.41) is 3.38. The van der Waals surface area contributed by atoms with Gasteiger partial charge in [0.2, 0.25) is 0 Å². The highest BCUT2D eigenvalue weighted by Gasteiger charge is 1.98. The van der Waals surface area contributed by atoms with Crippen LogP contribution >= 0.6 is 15.9 Å². The van der Waals surface area contributed by atoms with Crippen molar-refractivity contribution in [2.75, 3.05) is 11.1 Å². The Bertz CT molecular complexity index is 1490. The van der Waals surface area contributed by atoms with Crippen LogP contribution < -0.4 is 11.1 Å². The minimum absolute atomic E-state index is 0. The van der Waals surface area contributed by atoms with E-state index in [2.05, 4.69) is 130 Å². The van der Waals surface area contributed by atoms with Crippen molar-refractivity contribution in [2.45, 2.75) is 7.43 Å². The van der Waals surface area contributed by atoms with Gasteiger partial charge in [-0.1, -0.05) is 145 Å². The molecule has 0 aliphatic carbocycles. The number of halogens is 1. The quantitative estimate of drug-likeness (QED) is 0.201. The standard InChI is InChI=1S/C18H15N.C12H9Br.C6H7N.CH4/c1-3-7-15(8-4-1)16-11-13-18(14-12-16)19-17-9-5-2-6-10-17;13-12-8-6-11(7-9-12)10-4-2-1-3-5-10;7-6-4-2-1-3-5-6;/h1-14,19H;1-9H;1-5H,7H2;1H4. The Balaban J connectivity index is 0.000000182. The first kappa shape index (κ1) is 29.9. The van der Waals surface area contributed by atoms with Crippen LogP contribution in [-0.4, -0.2) is 0 Å². The average molecular weight is 588 g/mol. The molecule has 6 aromatic rings. The predicted molar refractivity (Wildman–Crippen MR) is 179 cm³/mol. The molecule has 6 rings (SSSR count). The van der Waals surface area contributed by atoms with Crippen molar-refractivity contribution >= 4 is 33.0 Å². The number of hydrogen-bond donors (Lipinski definition) is 2. The molecule has 3 N–H and O–H groups in total. The highest BCUT2D eigenvalue weighted by atomic mass is 79.9. The van der Waals surface area contributed by atoms with Crippen LogP contribution in [-0.2, 0) is 0 Å². The zero-order valence-electron chi connectivity index (χ0n) is 21.6. The number of nitrogens with two attached hydrogens (primary N) is 1. The van der Waals surface area contributed by atoms with Crippen molar-refractivity contribution in [3.63, 3.8) is 0 Å². The summed E-state index contributed by atoms with van der Waals surface area (Å²) in [5.74, 6) is 0. The molecule has 0 radical (unpaired) electrons. The fourth-order valence-electron chi connectivity index (χ4n) is 3.79. The van der Waals surface area contributed by atoms with E-state index < -0.39 is 0 Å². The first-order valence-electron chi connectivity index (χ1n) is 12.8. The van der Waals surface area contributed by atoms with E-state index in [1.165, 1.54) is 22.3 Å². The van der Waals surface area contributed by atoms with E-state index in [4.69, 9.17) is 5.73 Å². The van der Waals surface area contributed by atoms with Gasteiger partial charge in [0, 0.05) is 21.5 Å². The van der Waals surface area contributed by atoms with Gasteiger partial charge in [-0.2, -0.15) is 0 Å². The molecule has 6 aromatic carbocycles. The number of rotatable bonds is 4. The van der Waals surface area contributed by atoms with Crippen LogP contribution in [0.25, 0.3) is 22.3 Å². The number of nitrogens with one attached hydrogen (secondary N) is 1. The van der Waals surface area contributed by atoms with Gasteiger partial charge in [0.1, 0.15) is 0 Å². The lowest BCUT2D eigenvalue weighted by atomic mass is 10.1. The van der Waals surface area contributed by atoms with Crippen LogP contribution in [0.4, 0.5) is 17.1 Å². The number of benzene rings is 6. The summed E-state index contributed by atoms with van der Waals surface area (Å²) < 4.78 is 1.12. The maximum Gasteiger partial charge on any atom is 0.0384 e. The highest BCUT2D eigenvalue weighted by molar-refractivity contribution is 9.10. The Kier molecular flexibility index (Phi) is 12.3. The van der Waals surface area contributed by atoms with Crippen LogP contribution in [0.5, 0.6) is 0 Å². The minimum Gasteiger partial charge on any atom is -0.399 e. The molecule has 0 aliphatic heterocycles. The molecule has 0 aliphatic rings. The number of anilines is 3. The van der Waals surface area contributed by atoms with Crippen molar-refractivity contribution in [3.05, 3.63) is 174 Å². The van der Waals surface area contributed by atoms with Gasteiger partial charge in [0.15, 0.2) is 0 Å². The second-order valence-corrected chi connectivity index (χ2v) is 9.63. The van der Waals surface area contributed by atoms with Crippen molar-refractivity contribution in [3.8, 4) is 22.3 Å². The Morgan fingerprint density at radius 3 is 1.10 bits per heavy atom. The third-order valence-electron chi connectivity index (χ3n) is 5.81. The average Bonchev–Trinajstić information content (AvgIpc) is 3.00. The Morgan fingerprint density at radius 1 is 0.375 bits per heavy atom. The molecule has 0 amide bonds. The van der Waals surface area contributed by atoms with Gasteiger partial charge in [0.25, 0.3) is 0 Å². The predicted octanol–water partition coefficient (Wildman–Crippen LogP) is 11.1. The number of para-hydroxylation sites is 2. The van der Waals surface area contributed by atoms with Gasteiger partial charge in [0.05, 0.1) is 0 Å². The molecule has 0 saturated carbocycles. The summed E-state index contributed by atoms with van der Waals surface area (Å²) >= 11 is 3.42. The van der Waals surface area contributed by atoms with Gasteiger partial charge < -0.3 is 11.1 Å². The maximum atomic E-state index is 5.36. The molecular formula is C37H35BrN2. The van der Waals surface area contributed by atoms with E-state index >= 15 is 0 Å². The molecule has 0 unspecified atom stereocenters. The fraction of sp³-hybridized carbons (Fsp3) is 0.0270. The molecule has 40 heavy (non-hydrogen) atoms. The van der Waals surface area contributed by atoms with Gasteiger partial charge in [-0.25, -0.2) is 0 Å². The first-order chi connectivity index (χ1) is 19.2. The summed E-state index contributed by atoms with van der Waals surface area (Å²) in [5.41, 5.74) is 13.4. The van der Waals surface area contributed by atoms with Gasteiger partial charge in [-0.3, -0.25) is 0 Å². The van der Waals surface area contributed by atoms with E-state index in [0.29, 0.717) is 0 Å². The van der Waals surface area contributed by atoms with Crippen LogP contribution in [0, 0.1) is 0 Å². The SMILES string of the molecule is Brc1ccc(-c2ccccc2)cc1.C.Nc1ccccc1.c1ccc(Nc2ccc(-c3ccccc3)cc2)cc1. The van der Waals surface area contributed by atoms with Crippen LogP contribution in [0.2, 0.25) is 0 Å². The Hall–Kier alpha value is -4.60. The van der Waals surface area contributed by atoms with E-state index in [-0.39, 0.29) is 7.43 Å². The molecule has 200 valence electrons. The summed E-state index contributed by atoms with van der Waals surface area (Å²) in [6, 6.07) is 57.3. The van der Waals surface area contributed by atoms with E-state index in [1.807, 2.05) is 60.7 Å².